The van der Waals surface area contributed by atoms with Crippen molar-refractivity contribution in [3.05, 3.63) is 29.8 Å². The van der Waals surface area contributed by atoms with Crippen molar-refractivity contribution in [1.82, 2.24) is 5.32 Å². The first-order chi connectivity index (χ1) is 11.6. The molecular weight excluding hydrogens is 298 g/mol. The van der Waals surface area contributed by atoms with E-state index >= 15 is 0 Å². The lowest BCUT2D eigenvalue weighted by Gasteiger charge is -2.56. The highest BCUT2D eigenvalue weighted by Crippen LogP contribution is 2.55. The zero-order chi connectivity index (χ0) is 16.6. The maximum atomic E-state index is 12.4. The molecule has 1 aromatic carbocycles. The summed E-state index contributed by atoms with van der Waals surface area (Å²) in [5, 5.41) is 3.41. The van der Waals surface area contributed by atoms with Gasteiger partial charge in [-0.25, -0.2) is 0 Å². The van der Waals surface area contributed by atoms with Crippen LogP contribution in [-0.2, 0) is 11.2 Å². The van der Waals surface area contributed by atoms with E-state index in [0.717, 1.165) is 29.9 Å². The monoisotopic (exact) mass is 327 g/mol. The van der Waals surface area contributed by atoms with E-state index in [1.54, 1.807) is 0 Å². The summed E-state index contributed by atoms with van der Waals surface area (Å²) in [5.74, 6) is 3.62. The average Bonchev–Trinajstić information content (AvgIpc) is 2.53. The first-order valence-corrected chi connectivity index (χ1v) is 9.67. The zero-order valence-electron chi connectivity index (χ0n) is 14.7. The molecule has 130 valence electrons. The second kappa shape index (κ2) is 6.42. The quantitative estimate of drug-likeness (QED) is 0.854. The molecule has 0 aromatic heterocycles. The number of nitrogens with one attached hydrogen (secondary N) is 1. The predicted molar refractivity (Wildman–Crippen MR) is 95.0 cm³/mol. The summed E-state index contributed by atoms with van der Waals surface area (Å²) >= 11 is 0. The number of rotatable bonds is 6. The van der Waals surface area contributed by atoms with E-state index in [2.05, 4.69) is 24.4 Å². The molecule has 0 aliphatic heterocycles. The van der Waals surface area contributed by atoms with Crippen LogP contribution in [0.25, 0.3) is 0 Å². The minimum absolute atomic E-state index is 0.120. The van der Waals surface area contributed by atoms with Crippen LogP contribution >= 0.6 is 0 Å². The van der Waals surface area contributed by atoms with Crippen molar-refractivity contribution in [2.24, 2.45) is 17.8 Å². The summed E-state index contributed by atoms with van der Waals surface area (Å²) in [4.78, 5) is 12.4. The van der Waals surface area contributed by atoms with Crippen molar-refractivity contribution in [3.63, 3.8) is 0 Å². The molecule has 0 atom stereocenters. The number of benzene rings is 1. The minimum atomic E-state index is 0.120. The molecule has 0 unspecified atom stereocenters. The van der Waals surface area contributed by atoms with Gasteiger partial charge in [0, 0.05) is 5.54 Å². The van der Waals surface area contributed by atoms with Gasteiger partial charge < -0.3 is 10.1 Å². The van der Waals surface area contributed by atoms with Crippen LogP contribution in [0, 0.1) is 17.8 Å². The van der Waals surface area contributed by atoms with E-state index in [1.165, 1.54) is 44.1 Å². The molecule has 4 fully saturated rings. The first kappa shape index (κ1) is 16.0. The fourth-order valence-electron chi connectivity index (χ4n) is 5.70. The Bertz CT molecular complexity index is 557. The predicted octanol–water partition coefficient (Wildman–Crippen LogP) is 4.10. The van der Waals surface area contributed by atoms with Crippen LogP contribution in [0.3, 0.4) is 0 Å². The number of carbonyl (C=O) groups is 1. The van der Waals surface area contributed by atoms with Crippen LogP contribution in [0.15, 0.2) is 24.3 Å². The summed E-state index contributed by atoms with van der Waals surface area (Å²) in [7, 11) is 0. The molecule has 0 saturated heterocycles. The Morgan fingerprint density at radius 3 is 2.21 bits per heavy atom. The molecule has 4 saturated carbocycles. The number of carbonyl (C=O) groups excluding carboxylic acids is 1. The largest absolute Gasteiger partial charge is 0.493 e. The number of hydrogen-bond acceptors (Lipinski definition) is 2. The summed E-state index contributed by atoms with van der Waals surface area (Å²) in [6, 6.07) is 8.17. The van der Waals surface area contributed by atoms with Crippen molar-refractivity contribution in [1.29, 1.82) is 0 Å². The molecule has 3 heteroatoms. The average molecular weight is 327 g/mol. The van der Waals surface area contributed by atoms with Crippen LogP contribution in [0.4, 0.5) is 0 Å². The van der Waals surface area contributed by atoms with Crippen LogP contribution in [0.5, 0.6) is 5.75 Å². The van der Waals surface area contributed by atoms with Gasteiger partial charge >= 0.3 is 0 Å². The molecule has 3 nitrogen and oxygen atoms in total. The molecule has 24 heavy (non-hydrogen) atoms. The molecule has 0 heterocycles. The highest BCUT2D eigenvalue weighted by molar-refractivity contribution is 5.77. The molecule has 1 amide bonds. The van der Waals surface area contributed by atoms with Crippen LogP contribution in [-0.4, -0.2) is 18.1 Å². The van der Waals surface area contributed by atoms with Gasteiger partial charge in [0.2, 0.25) is 5.91 Å². The molecule has 5 rings (SSSR count). The van der Waals surface area contributed by atoms with Gasteiger partial charge in [0.25, 0.3) is 0 Å². The van der Waals surface area contributed by atoms with Crippen molar-refractivity contribution in [2.45, 2.75) is 63.8 Å². The maximum Gasteiger partial charge on any atom is 0.223 e. The van der Waals surface area contributed by atoms with E-state index in [4.69, 9.17) is 4.74 Å². The van der Waals surface area contributed by atoms with Crippen molar-refractivity contribution < 1.29 is 9.53 Å². The Morgan fingerprint density at radius 2 is 1.67 bits per heavy atom. The third kappa shape index (κ3) is 3.31. The van der Waals surface area contributed by atoms with Crippen molar-refractivity contribution in [3.8, 4) is 5.75 Å². The molecule has 1 N–H and O–H groups in total. The molecule has 0 spiro atoms. The topological polar surface area (TPSA) is 38.3 Å². The molecule has 1 aromatic rings. The molecule has 4 aliphatic rings. The summed E-state index contributed by atoms with van der Waals surface area (Å²) < 4.78 is 5.74. The first-order valence-electron chi connectivity index (χ1n) is 9.67. The number of ether oxygens (including phenoxy) is 1. The van der Waals surface area contributed by atoms with Crippen LogP contribution in [0.2, 0.25) is 0 Å². The van der Waals surface area contributed by atoms with Crippen molar-refractivity contribution in [2.75, 3.05) is 6.61 Å². The SMILES string of the molecule is CCc1ccc(OCCC(=O)NC23CC4CC(CC(C4)C2)C3)cc1. The van der Waals surface area contributed by atoms with Gasteiger partial charge in [0.05, 0.1) is 13.0 Å². The van der Waals surface area contributed by atoms with Gasteiger partial charge in [-0.2, -0.15) is 0 Å². The van der Waals surface area contributed by atoms with Gasteiger partial charge in [-0.15, -0.1) is 0 Å². The highest BCUT2D eigenvalue weighted by atomic mass is 16.5. The lowest BCUT2D eigenvalue weighted by Crippen LogP contribution is -2.59. The van der Waals surface area contributed by atoms with Gasteiger partial charge in [0.15, 0.2) is 0 Å². The van der Waals surface area contributed by atoms with Crippen LogP contribution in [0.1, 0.15) is 57.4 Å². The minimum Gasteiger partial charge on any atom is -0.493 e. The van der Waals surface area contributed by atoms with Gasteiger partial charge in [-0.1, -0.05) is 19.1 Å². The van der Waals surface area contributed by atoms with Gasteiger partial charge in [-0.3, -0.25) is 4.79 Å². The third-order valence-corrected chi connectivity index (χ3v) is 6.37. The van der Waals surface area contributed by atoms with E-state index in [0.29, 0.717) is 13.0 Å². The molecule has 4 aliphatic carbocycles. The van der Waals surface area contributed by atoms with Gasteiger partial charge in [-0.05, 0) is 80.4 Å². The fourth-order valence-corrected chi connectivity index (χ4v) is 5.70. The Morgan fingerprint density at radius 1 is 1.08 bits per heavy atom. The van der Waals surface area contributed by atoms with E-state index < -0.39 is 0 Å². The molecule has 4 bridgehead atoms. The number of aryl methyl sites for hydroxylation is 1. The Hall–Kier alpha value is -1.51. The van der Waals surface area contributed by atoms with E-state index in [-0.39, 0.29) is 11.4 Å². The normalized spacial score (nSPS) is 33.5. The fraction of sp³-hybridized carbons (Fsp3) is 0.667. The Labute approximate surface area is 145 Å². The lowest BCUT2D eigenvalue weighted by atomic mass is 9.53. The number of amides is 1. The van der Waals surface area contributed by atoms with Crippen LogP contribution < -0.4 is 10.1 Å². The molecular formula is C21H29NO2. The highest BCUT2D eigenvalue weighted by Gasteiger charge is 2.51. The molecule has 0 radical (unpaired) electrons. The summed E-state index contributed by atoms with van der Waals surface area (Å²) in [6.45, 7) is 2.61. The smallest absolute Gasteiger partial charge is 0.223 e. The second-order valence-electron chi connectivity index (χ2n) is 8.34. The Balaban J connectivity index is 1.26. The number of hydrogen-bond donors (Lipinski definition) is 1. The standard InChI is InChI=1S/C21H29NO2/c1-2-15-3-5-19(6-4-15)24-8-7-20(23)22-21-12-16-9-17(13-21)11-18(10-16)14-21/h3-6,16-18H,2,7-14H2,1H3,(H,22,23). The Kier molecular flexibility index (Phi) is 4.28. The maximum absolute atomic E-state index is 12.4. The third-order valence-electron chi connectivity index (χ3n) is 6.37. The van der Waals surface area contributed by atoms with E-state index in [1.807, 2.05) is 12.1 Å². The lowest BCUT2D eigenvalue weighted by molar-refractivity contribution is -0.127. The summed E-state index contributed by atoms with van der Waals surface area (Å²) in [5.41, 5.74) is 1.43. The van der Waals surface area contributed by atoms with Gasteiger partial charge in [0.1, 0.15) is 5.75 Å². The van der Waals surface area contributed by atoms with E-state index in [9.17, 15) is 4.79 Å². The summed E-state index contributed by atoms with van der Waals surface area (Å²) in [6.07, 6.45) is 9.35. The zero-order valence-corrected chi connectivity index (χ0v) is 14.7. The van der Waals surface area contributed by atoms with Crippen molar-refractivity contribution >= 4 is 5.91 Å². The second-order valence-corrected chi connectivity index (χ2v) is 8.34.